The quantitative estimate of drug-likeness (QED) is 0.184. The van der Waals surface area contributed by atoms with Gasteiger partial charge in [-0.3, -0.25) is 0 Å². The molecule has 3 nitrogen and oxygen atoms in total. The zero-order chi connectivity index (χ0) is 34.6. The van der Waals surface area contributed by atoms with E-state index in [1.54, 1.807) is 0 Å². The largest absolute Gasteiger partial charge is 0.333 e. The fourth-order valence-electron chi connectivity index (χ4n) is 8.29. The number of nitriles is 1. The van der Waals surface area contributed by atoms with E-state index in [9.17, 15) is 5.26 Å². The molecule has 1 aliphatic heterocycles. The number of hydrogen-bond donors (Lipinski definition) is 0. The van der Waals surface area contributed by atoms with Crippen LogP contribution >= 0.6 is 0 Å². The van der Waals surface area contributed by atoms with Crippen LogP contribution in [0.15, 0.2) is 194 Å². The number of rotatable bonds is 5. The highest BCUT2D eigenvalue weighted by molar-refractivity contribution is 6.10. The average molecular weight is 664 g/mol. The van der Waals surface area contributed by atoms with Crippen LogP contribution in [-0.4, -0.2) is 10.6 Å². The van der Waals surface area contributed by atoms with Crippen molar-refractivity contribution in [2.45, 2.75) is 12.0 Å². The SMILES string of the molecule is N#CC1=CC2c3cc(-c4ccc5c(c4)c4ccccc4n5-c4ccccc4)ccc3N(c3ccc(-c4cccc(-c5ccccc5)c4)cc3)C2C=C1. The summed E-state index contributed by atoms with van der Waals surface area (Å²) in [6.07, 6.45) is 6.32. The summed E-state index contributed by atoms with van der Waals surface area (Å²) in [5.74, 6) is 0.0700. The molecular formula is C49H33N3. The molecule has 10 rings (SSSR count). The van der Waals surface area contributed by atoms with Crippen LogP contribution in [0.2, 0.25) is 0 Å². The third kappa shape index (κ3) is 4.88. The van der Waals surface area contributed by atoms with Crippen molar-refractivity contribution >= 4 is 33.2 Å². The summed E-state index contributed by atoms with van der Waals surface area (Å²) in [5.41, 5.74) is 15.0. The third-order valence-electron chi connectivity index (χ3n) is 10.7. The highest BCUT2D eigenvalue weighted by Gasteiger charge is 2.38. The molecule has 2 unspecified atom stereocenters. The van der Waals surface area contributed by atoms with Crippen molar-refractivity contribution in [3.63, 3.8) is 0 Å². The van der Waals surface area contributed by atoms with Gasteiger partial charge >= 0.3 is 0 Å². The van der Waals surface area contributed by atoms with Gasteiger partial charge in [-0.25, -0.2) is 0 Å². The van der Waals surface area contributed by atoms with E-state index < -0.39 is 0 Å². The van der Waals surface area contributed by atoms with E-state index in [1.807, 2.05) is 6.08 Å². The minimum atomic E-state index is 0.0700. The lowest BCUT2D eigenvalue weighted by Crippen LogP contribution is -2.28. The predicted octanol–water partition coefficient (Wildman–Crippen LogP) is 12.4. The van der Waals surface area contributed by atoms with Crippen molar-refractivity contribution in [1.29, 1.82) is 5.26 Å². The number of aromatic nitrogens is 1. The molecule has 0 N–H and O–H groups in total. The van der Waals surface area contributed by atoms with Gasteiger partial charge in [-0.1, -0.05) is 121 Å². The second-order valence-corrected chi connectivity index (χ2v) is 13.7. The van der Waals surface area contributed by atoms with Crippen molar-refractivity contribution in [2.75, 3.05) is 4.90 Å². The molecule has 8 aromatic rings. The molecule has 0 amide bonds. The molecule has 244 valence electrons. The van der Waals surface area contributed by atoms with Gasteiger partial charge in [0.15, 0.2) is 0 Å². The first-order valence-corrected chi connectivity index (χ1v) is 17.8. The molecule has 1 aliphatic carbocycles. The Balaban J connectivity index is 1.04. The second kappa shape index (κ2) is 12.2. The monoisotopic (exact) mass is 663 g/mol. The summed E-state index contributed by atoms with van der Waals surface area (Å²) in [7, 11) is 0. The number of allylic oxidation sites excluding steroid dienone is 2. The first-order valence-electron chi connectivity index (χ1n) is 17.8. The van der Waals surface area contributed by atoms with E-state index in [0.29, 0.717) is 5.57 Å². The first kappa shape index (κ1) is 30.0. The molecule has 7 aromatic carbocycles. The van der Waals surface area contributed by atoms with Crippen LogP contribution in [0, 0.1) is 11.3 Å². The molecule has 0 spiro atoms. The molecular weight excluding hydrogens is 631 g/mol. The molecule has 52 heavy (non-hydrogen) atoms. The fourth-order valence-corrected chi connectivity index (χ4v) is 8.29. The van der Waals surface area contributed by atoms with Crippen LogP contribution in [0.5, 0.6) is 0 Å². The van der Waals surface area contributed by atoms with Gasteiger partial charge in [-0.2, -0.15) is 5.26 Å². The molecule has 1 aromatic heterocycles. The maximum atomic E-state index is 9.89. The topological polar surface area (TPSA) is 32.0 Å². The van der Waals surface area contributed by atoms with Crippen molar-refractivity contribution in [2.24, 2.45) is 0 Å². The summed E-state index contributed by atoms with van der Waals surface area (Å²) in [4.78, 5) is 2.44. The Morgan fingerprint density at radius 3 is 1.88 bits per heavy atom. The van der Waals surface area contributed by atoms with Crippen LogP contribution in [0.3, 0.4) is 0 Å². The lowest BCUT2D eigenvalue weighted by molar-refractivity contribution is 0.741. The lowest BCUT2D eigenvalue weighted by atomic mass is 9.87. The minimum absolute atomic E-state index is 0.0700. The molecule has 2 heterocycles. The smallest absolute Gasteiger partial charge is 0.0988 e. The second-order valence-electron chi connectivity index (χ2n) is 13.7. The number of hydrogen-bond acceptors (Lipinski definition) is 2. The molecule has 3 heteroatoms. The summed E-state index contributed by atoms with van der Waals surface area (Å²) in [6.45, 7) is 0. The van der Waals surface area contributed by atoms with Crippen LogP contribution in [-0.2, 0) is 0 Å². The highest BCUT2D eigenvalue weighted by atomic mass is 15.2. The van der Waals surface area contributed by atoms with E-state index in [0.717, 1.165) is 11.4 Å². The Kier molecular flexibility index (Phi) is 7.01. The van der Waals surface area contributed by atoms with E-state index in [1.165, 1.54) is 66.4 Å². The van der Waals surface area contributed by atoms with E-state index in [4.69, 9.17) is 0 Å². The van der Waals surface area contributed by atoms with Gasteiger partial charge in [-0.05, 0) is 106 Å². The third-order valence-corrected chi connectivity index (χ3v) is 10.7. The Morgan fingerprint density at radius 1 is 0.481 bits per heavy atom. The van der Waals surface area contributed by atoms with Gasteiger partial charge in [0, 0.05) is 39.3 Å². The van der Waals surface area contributed by atoms with Crippen molar-refractivity contribution in [3.8, 4) is 45.1 Å². The Labute approximate surface area is 303 Å². The zero-order valence-electron chi connectivity index (χ0n) is 28.4. The number of fused-ring (bicyclic) bond motifs is 6. The van der Waals surface area contributed by atoms with Crippen LogP contribution < -0.4 is 4.90 Å². The zero-order valence-corrected chi connectivity index (χ0v) is 28.4. The average Bonchev–Trinajstić information content (AvgIpc) is 3.73. The molecule has 0 radical (unpaired) electrons. The Bertz CT molecular complexity index is 2750. The number of benzene rings is 7. The summed E-state index contributed by atoms with van der Waals surface area (Å²) in [6, 6.07) is 63.6. The van der Waals surface area contributed by atoms with E-state index in [-0.39, 0.29) is 12.0 Å². The highest BCUT2D eigenvalue weighted by Crippen LogP contribution is 2.50. The van der Waals surface area contributed by atoms with Crippen LogP contribution in [0.4, 0.5) is 11.4 Å². The van der Waals surface area contributed by atoms with E-state index in [2.05, 4.69) is 198 Å². The normalized spacial score (nSPS) is 16.1. The van der Waals surface area contributed by atoms with Gasteiger partial charge in [0.05, 0.1) is 23.1 Å². The van der Waals surface area contributed by atoms with Gasteiger partial charge < -0.3 is 9.47 Å². The maximum absolute atomic E-state index is 9.89. The summed E-state index contributed by atoms with van der Waals surface area (Å²) >= 11 is 0. The van der Waals surface area contributed by atoms with Crippen molar-refractivity contribution in [1.82, 2.24) is 4.57 Å². The molecule has 2 aliphatic rings. The van der Waals surface area contributed by atoms with Crippen LogP contribution in [0.1, 0.15) is 11.5 Å². The number of para-hydroxylation sites is 2. The van der Waals surface area contributed by atoms with Gasteiger partial charge in [0.25, 0.3) is 0 Å². The molecule has 0 saturated heterocycles. The van der Waals surface area contributed by atoms with Gasteiger partial charge in [0.1, 0.15) is 0 Å². The lowest BCUT2D eigenvalue weighted by Gasteiger charge is -2.29. The molecule has 2 atom stereocenters. The first-order chi connectivity index (χ1) is 25.7. The van der Waals surface area contributed by atoms with Crippen LogP contribution in [0.25, 0.3) is 60.9 Å². The van der Waals surface area contributed by atoms with E-state index >= 15 is 0 Å². The van der Waals surface area contributed by atoms with Gasteiger partial charge in [0.2, 0.25) is 0 Å². The standard InChI is InChI=1S/C49H33N3/c50-32-33-18-25-47-43(28-33)45-31-39(38-21-26-48-44(30-38)42-16-7-8-17-46(42)51(48)40-14-5-2-6-15-40)22-27-49(45)52(47)41-23-19-35(20-24-41)37-13-9-12-36(29-37)34-10-3-1-4-11-34/h1-31,43,47H. The number of anilines is 2. The minimum Gasteiger partial charge on any atom is -0.333 e. The Hall–Kier alpha value is -6.89. The molecule has 0 fully saturated rings. The van der Waals surface area contributed by atoms with Gasteiger partial charge in [-0.15, -0.1) is 0 Å². The fraction of sp³-hybridized carbons (Fsp3) is 0.0408. The van der Waals surface area contributed by atoms with Crippen molar-refractivity contribution < 1.29 is 0 Å². The molecule has 0 saturated carbocycles. The maximum Gasteiger partial charge on any atom is 0.0988 e. The molecule has 0 bridgehead atoms. The number of nitrogens with zero attached hydrogens (tertiary/aromatic N) is 3. The predicted molar refractivity (Wildman–Crippen MR) is 215 cm³/mol. The van der Waals surface area contributed by atoms with Crippen molar-refractivity contribution in [3.05, 3.63) is 199 Å². The Morgan fingerprint density at radius 2 is 1.10 bits per heavy atom. The summed E-state index contributed by atoms with van der Waals surface area (Å²) in [5, 5.41) is 12.4. The summed E-state index contributed by atoms with van der Waals surface area (Å²) < 4.78 is 2.35.